The van der Waals surface area contributed by atoms with Crippen LogP contribution in [0.15, 0.2) is 18.2 Å². The maximum Gasteiger partial charge on any atom is 0.417 e. The third kappa shape index (κ3) is 3.12. The summed E-state index contributed by atoms with van der Waals surface area (Å²) in [5.74, 6) is -0.717. The summed E-state index contributed by atoms with van der Waals surface area (Å²) in [6, 6.07) is 4.64. The van der Waals surface area contributed by atoms with E-state index in [2.05, 4.69) is 0 Å². The largest absolute Gasteiger partial charge is 0.417 e. The van der Waals surface area contributed by atoms with Crippen LogP contribution in [-0.4, -0.2) is 20.5 Å². The van der Waals surface area contributed by atoms with Crippen molar-refractivity contribution >= 4 is 16.6 Å². The van der Waals surface area contributed by atoms with Gasteiger partial charge in [0.15, 0.2) is 5.78 Å². The second-order valence-corrected chi connectivity index (χ2v) is 8.40. The molecule has 0 saturated carbocycles. The van der Waals surface area contributed by atoms with Gasteiger partial charge in [-0.3, -0.25) is 9.00 Å². The maximum absolute atomic E-state index is 13.1. The minimum absolute atomic E-state index is 0.0166. The number of hydrogen-bond donors (Lipinski definition) is 0. The highest BCUT2D eigenvalue weighted by Gasteiger charge is 2.41. The molecule has 2 bridgehead atoms. The number of carbonyl (C=O) groups excluding carboxylic acids is 1. The number of Topliss-reactive ketones (excluding diaryl/α,β-unsaturated/α-hetero) is 1. The normalized spacial score (nSPS) is 29.8. The zero-order chi connectivity index (χ0) is 17.5. The summed E-state index contributed by atoms with van der Waals surface area (Å²) in [6.45, 7) is 0. The van der Waals surface area contributed by atoms with Crippen molar-refractivity contribution in [3.8, 4) is 6.07 Å². The zero-order valence-corrected chi connectivity index (χ0v) is 13.6. The van der Waals surface area contributed by atoms with Gasteiger partial charge in [-0.25, -0.2) is 0 Å². The van der Waals surface area contributed by atoms with E-state index >= 15 is 0 Å². The molecule has 3 rings (SSSR count). The second-order valence-electron chi connectivity index (χ2n) is 6.41. The predicted octanol–water partition coefficient (Wildman–Crippen LogP) is 3.84. The number of rotatable bonds is 2. The summed E-state index contributed by atoms with van der Waals surface area (Å²) >= 11 is 0. The van der Waals surface area contributed by atoms with Crippen molar-refractivity contribution in [1.82, 2.24) is 0 Å². The number of benzene rings is 1. The molecule has 1 aromatic carbocycles. The highest BCUT2D eigenvalue weighted by molar-refractivity contribution is 7.86. The van der Waals surface area contributed by atoms with Gasteiger partial charge >= 0.3 is 6.18 Å². The van der Waals surface area contributed by atoms with Gasteiger partial charge in [0.05, 0.1) is 17.2 Å². The lowest BCUT2D eigenvalue weighted by Gasteiger charge is -2.37. The van der Waals surface area contributed by atoms with Gasteiger partial charge in [0.2, 0.25) is 0 Å². The van der Waals surface area contributed by atoms with Crippen LogP contribution in [-0.2, 0) is 17.0 Å². The lowest BCUT2D eigenvalue weighted by Crippen LogP contribution is -2.41. The Morgan fingerprint density at radius 3 is 2.38 bits per heavy atom. The van der Waals surface area contributed by atoms with Crippen molar-refractivity contribution in [2.24, 2.45) is 5.92 Å². The molecule has 0 radical (unpaired) electrons. The average molecular weight is 355 g/mol. The molecule has 3 nitrogen and oxygen atoms in total. The van der Waals surface area contributed by atoms with Gasteiger partial charge in [-0.15, -0.1) is 0 Å². The summed E-state index contributed by atoms with van der Waals surface area (Å²) in [5, 5.41) is 8.79. The lowest BCUT2D eigenvalue weighted by molar-refractivity contribution is -0.137. The van der Waals surface area contributed by atoms with Crippen molar-refractivity contribution in [2.45, 2.75) is 48.8 Å². The Morgan fingerprint density at radius 2 is 1.83 bits per heavy atom. The van der Waals surface area contributed by atoms with Crippen molar-refractivity contribution in [1.29, 1.82) is 5.26 Å². The van der Waals surface area contributed by atoms with Gasteiger partial charge in [0.25, 0.3) is 0 Å². The van der Waals surface area contributed by atoms with Gasteiger partial charge in [0, 0.05) is 32.8 Å². The van der Waals surface area contributed by atoms with E-state index in [0.717, 1.165) is 31.4 Å². The first-order valence-corrected chi connectivity index (χ1v) is 9.14. The second kappa shape index (κ2) is 6.32. The van der Waals surface area contributed by atoms with Gasteiger partial charge in [-0.05, 0) is 37.8 Å². The summed E-state index contributed by atoms with van der Waals surface area (Å²) in [7, 11) is -0.928. The first-order chi connectivity index (χ1) is 11.3. The lowest BCUT2D eigenvalue weighted by atomic mass is 9.84. The van der Waals surface area contributed by atoms with Crippen LogP contribution in [0, 0.1) is 17.2 Å². The average Bonchev–Trinajstić information content (AvgIpc) is 2.52. The van der Waals surface area contributed by atoms with E-state index in [0.29, 0.717) is 12.8 Å². The molecular weight excluding hydrogens is 339 g/mol. The number of carbonyl (C=O) groups is 1. The van der Waals surface area contributed by atoms with Crippen LogP contribution in [0.2, 0.25) is 0 Å². The van der Waals surface area contributed by atoms with Gasteiger partial charge in [-0.2, -0.15) is 18.4 Å². The molecule has 128 valence electrons. The molecular formula is C17H16F3NO2S. The molecule has 2 aliphatic rings. The fraction of sp³-hybridized carbons (Fsp3) is 0.529. The van der Waals surface area contributed by atoms with Crippen LogP contribution < -0.4 is 0 Å². The van der Waals surface area contributed by atoms with E-state index in [-0.39, 0.29) is 27.8 Å². The van der Waals surface area contributed by atoms with Gasteiger partial charge in [0.1, 0.15) is 0 Å². The maximum atomic E-state index is 13.1. The van der Waals surface area contributed by atoms with Crippen LogP contribution in [0.4, 0.5) is 13.2 Å². The van der Waals surface area contributed by atoms with Crippen molar-refractivity contribution in [3.63, 3.8) is 0 Å². The van der Waals surface area contributed by atoms with Crippen LogP contribution in [0.3, 0.4) is 0 Å². The number of nitriles is 1. The quantitative estimate of drug-likeness (QED) is 0.758. The van der Waals surface area contributed by atoms with E-state index in [1.165, 1.54) is 12.1 Å². The third-order valence-corrected chi connectivity index (χ3v) is 7.08. The van der Waals surface area contributed by atoms with Gasteiger partial charge in [-0.1, -0.05) is 12.5 Å². The Balaban J connectivity index is 1.88. The Kier molecular flexibility index (Phi) is 4.52. The van der Waals surface area contributed by atoms with Crippen molar-refractivity contribution in [2.75, 3.05) is 0 Å². The predicted molar refractivity (Wildman–Crippen MR) is 82.8 cm³/mol. The summed E-state index contributed by atoms with van der Waals surface area (Å²) in [5.41, 5.74) is -1.58. The third-order valence-electron chi connectivity index (χ3n) is 4.90. The van der Waals surface area contributed by atoms with E-state index in [9.17, 15) is 22.2 Å². The van der Waals surface area contributed by atoms with E-state index in [1.54, 1.807) is 0 Å². The van der Waals surface area contributed by atoms with Crippen molar-refractivity contribution < 1.29 is 22.2 Å². The first-order valence-electron chi connectivity index (χ1n) is 7.86. The standard InChI is InChI=1S/C17H16F3NO2S/c18-17(19,20)15-8-10(4-5-11(15)9-21)16(22)12-6-13-2-1-3-14(7-12)24(13)23/h4-5,8,12-14H,1-3,6-7H2. The van der Waals surface area contributed by atoms with Crippen molar-refractivity contribution in [3.05, 3.63) is 34.9 Å². The Morgan fingerprint density at radius 1 is 1.21 bits per heavy atom. The number of nitrogens with zero attached hydrogens (tertiary/aromatic N) is 1. The molecule has 2 unspecified atom stereocenters. The minimum Gasteiger partial charge on any atom is -0.294 e. The molecule has 0 spiro atoms. The smallest absolute Gasteiger partial charge is 0.294 e. The number of alkyl halides is 3. The molecule has 0 amide bonds. The summed E-state index contributed by atoms with van der Waals surface area (Å²) < 4.78 is 51.4. The highest BCUT2D eigenvalue weighted by Crippen LogP contribution is 2.39. The monoisotopic (exact) mass is 355 g/mol. The van der Waals surface area contributed by atoms with E-state index in [1.807, 2.05) is 0 Å². The first kappa shape index (κ1) is 17.2. The Hall–Kier alpha value is -1.68. The Labute approximate surface area is 140 Å². The molecule has 1 aromatic rings. The van der Waals surface area contributed by atoms with Crippen LogP contribution >= 0.6 is 0 Å². The van der Waals surface area contributed by atoms with Crippen LogP contribution in [0.5, 0.6) is 0 Å². The minimum atomic E-state index is -4.67. The molecule has 0 aliphatic carbocycles. The van der Waals surface area contributed by atoms with Gasteiger partial charge < -0.3 is 0 Å². The SMILES string of the molecule is N#Cc1ccc(C(=O)C2CC3CCCC(C2)S3=O)cc1C(F)(F)F. The topological polar surface area (TPSA) is 57.9 Å². The molecule has 0 aromatic heterocycles. The van der Waals surface area contributed by atoms with Crippen LogP contribution in [0.25, 0.3) is 0 Å². The fourth-order valence-electron chi connectivity index (χ4n) is 3.71. The van der Waals surface area contributed by atoms with E-state index in [4.69, 9.17) is 5.26 Å². The number of halogens is 3. The van der Waals surface area contributed by atoms with E-state index < -0.39 is 28.1 Å². The zero-order valence-electron chi connectivity index (χ0n) is 12.8. The summed E-state index contributed by atoms with van der Waals surface area (Å²) in [6.07, 6.45) is -1.10. The molecule has 24 heavy (non-hydrogen) atoms. The molecule has 2 saturated heterocycles. The summed E-state index contributed by atoms with van der Waals surface area (Å²) in [4.78, 5) is 12.7. The fourth-order valence-corrected chi connectivity index (χ4v) is 5.90. The number of hydrogen-bond acceptors (Lipinski definition) is 3. The van der Waals surface area contributed by atoms with Crippen LogP contribution in [0.1, 0.15) is 53.6 Å². The number of fused-ring (bicyclic) bond motifs is 2. The number of ketones is 1. The molecule has 2 heterocycles. The highest BCUT2D eigenvalue weighted by atomic mass is 32.2. The molecule has 2 aliphatic heterocycles. The molecule has 0 N–H and O–H groups in total. The molecule has 2 fully saturated rings. The molecule has 7 heteroatoms. The Bertz CT molecular complexity index is 722. The molecule has 2 atom stereocenters.